The van der Waals surface area contributed by atoms with Gasteiger partial charge in [-0.1, -0.05) is 11.6 Å². The van der Waals surface area contributed by atoms with E-state index in [1.807, 2.05) is 4.90 Å². The third-order valence-corrected chi connectivity index (χ3v) is 5.01. The van der Waals surface area contributed by atoms with E-state index in [1.54, 1.807) is 13.8 Å². The number of nitrogens with one attached hydrogen (secondary N) is 1. The SMILES string of the molecule is CN1CCN(C(=O)C(C)(C)C(=O)NCCC2=CCCCC2)CC1. The molecule has 0 saturated carbocycles. The first-order chi connectivity index (χ1) is 10.9. The molecular weight excluding hydrogens is 290 g/mol. The molecule has 5 heteroatoms. The van der Waals surface area contributed by atoms with Gasteiger partial charge in [-0.3, -0.25) is 9.59 Å². The summed E-state index contributed by atoms with van der Waals surface area (Å²) >= 11 is 0. The highest BCUT2D eigenvalue weighted by Gasteiger charge is 2.39. The molecule has 2 amide bonds. The summed E-state index contributed by atoms with van der Waals surface area (Å²) in [7, 11) is 2.06. The number of carbonyl (C=O) groups is 2. The molecule has 0 radical (unpaired) electrons. The number of allylic oxidation sites excluding steroid dienone is 1. The summed E-state index contributed by atoms with van der Waals surface area (Å²) in [4.78, 5) is 29.2. The highest BCUT2D eigenvalue weighted by molar-refractivity contribution is 6.04. The normalized spacial score (nSPS) is 20.1. The summed E-state index contributed by atoms with van der Waals surface area (Å²) in [5, 5.41) is 2.96. The molecule has 1 heterocycles. The number of piperazine rings is 1. The van der Waals surface area contributed by atoms with Gasteiger partial charge in [-0.05, 0) is 53.0 Å². The van der Waals surface area contributed by atoms with Crippen LogP contribution in [0.5, 0.6) is 0 Å². The maximum atomic E-state index is 12.7. The maximum absolute atomic E-state index is 12.7. The Morgan fingerprint density at radius 3 is 2.48 bits per heavy atom. The molecule has 5 nitrogen and oxygen atoms in total. The first-order valence-electron chi connectivity index (χ1n) is 8.85. The first-order valence-corrected chi connectivity index (χ1v) is 8.85. The third-order valence-electron chi connectivity index (χ3n) is 5.01. The zero-order valence-electron chi connectivity index (χ0n) is 14.9. The molecule has 2 aliphatic rings. The molecular formula is C18H31N3O2. The largest absolute Gasteiger partial charge is 0.355 e. The van der Waals surface area contributed by atoms with Crippen molar-refractivity contribution >= 4 is 11.8 Å². The molecule has 1 fully saturated rings. The van der Waals surface area contributed by atoms with Crippen molar-refractivity contribution < 1.29 is 9.59 Å². The predicted octanol–water partition coefficient (Wildman–Crippen LogP) is 1.79. The summed E-state index contributed by atoms with van der Waals surface area (Å²) in [5.41, 5.74) is 0.455. The van der Waals surface area contributed by atoms with Crippen LogP contribution in [0.3, 0.4) is 0 Å². The van der Waals surface area contributed by atoms with Crippen LogP contribution in [-0.4, -0.2) is 61.4 Å². The van der Waals surface area contributed by atoms with Gasteiger partial charge >= 0.3 is 0 Å². The van der Waals surface area contributed by atoms with Crippen molar-refractivity contribution in [2.75, 3.05) is 39.8 Å². The molecule has 0 unspecified atom stereocenters. The van der Waals surface area contributed by atoms with Crippen molar-refractivity contribution in [2.45, 2.75) is 46.0 Å². The zero-order chi connectivity index (χ0) is 16.9. The quantitative estimate of drug-likeness (QED) is 0.620. The topological polar surface area (TPSA) is 52.7 Å². The Morgan fingerprint density at radius 1 is 1.17 bits per heavy atom. The Labute approximate surface area is 140 Å². The van der Waals surface area contributed by atoms with Gasteiger partial charge in [-0.15, -0.1) is 0 Å². The molecule has 0 aromatic rings. The molecule has 0 spiro atoms. The van der Waals surface area contributed by atoms with Gasteiger partial charge < -0.3 is 15.1 Å². The lowest BCUT2D eigenvalue weighted by molar-refractivity contribution is -0.149. The van der Waals surface area contributed by atoms with E-state index in [2.05, 4.69) is 23.3 Å². The number of amides is 2. The highest BCUT2D eigenvalue weighted by Crippen LogP contribution is 2.22. The lowest BCUT2D eigenvalue weighted by Gasteiger charge is -2.36. The summed E-state index contributed by atoms with van der Waals surface area (Å²) in [5.74, 6) is -0.210. The average Bonchev–Trinajstić information content (AvgIpc) is 2.55. The monoisotopic (exact) mass is 321 g/mol. The van der Waals surface area contributed by atoms with Gasteiger partial charge in [0.2, 0.25) is 11.8 Å². The minimum absolute atomic E-state index is 0.0556. The Morgan fingerprint density at radius 2 is 1.87 bits per heavy atom. The van der Waals surface area contributed by atoms with Crippen LogP contribution in [0.25, 0.3) is 0 Å². The van der Waals surface area contributed by atoms with Crippen molar-refractivity contribution in [3.63, 3.8) is 0 Å². The Balaban J connectivity index is 1.81. The second kappa shape index (κ2) is 7.95. The molecule has 1 aliphatic heterocycles. The molecule has 0 bridgehead atoms. The minimum Gasteiger partial charge on any atom is -0.355 e. The number of carbonyl (C=O) groups excluding carboxylic acids is 2. The zero-order valence-corrected chi connectivity index (χ0v) is 14.9. The Bertz CT molecular complexity index is 463. The number of hydrogen-bond donors (Lipinski definition) is 1. The average molecular weight is 321 g/mol. The van der Waals surface area contributed by atoms with Crippen LogP contribution in [0.2, 0.25) is 0 Å². The second-order valence-electron chi connectivity index (χ2n) is 7.33. The molecule has 1 aliphatic carbocycles. The second-order valence-corrected chi connectivity index (χ2v) is 7.33. The van der Waals surface area contributed by atoms with Gasteiger partial charge in [0.1, 0.15) is 5.41 Å². The number of rotatable bonds is 5. The van der Waals surface area contributed by atoms with Crippen molar-refractivity contribution in [1.82, 2.24) is 15.1 Å². The van der Waals surface area contributed by atoms with Gasteiger partial charge in [0.05, 0.1) is 0 Å². The molecule has 0 aromatic carbocycles. The van der Waals surface area contributed by atoms with Crippen molar-refractivity contribution in [3.05, 3.63) is 11.6 Å². The van der Waals surface area contributed by atoms with Crippen LogP contribution in [-0.2, 0) is 9.59 Å². The van der Waals surface area contributed by atoms with Crippen LogP contribution in [0.4, 0.5) is 0 Å². The number of likely N-dealkylation sites (N-methyl/N-ethyl adjacent to an activating group) is 1. The molecule has 2 rings (SSSR count). The maximum Gasteiger partial charge on any atom is 0.237 e. The van der Waals surface area contributed by atoms with Crippen molar-refractivity contribution in [1.29, 1.82) is 0 Å². The van der Waals surface area contributed by atoms with E-state index in [0.29, 0.717) is 19.6 Å². The predicted molar refractivity (Wildman–Crippen MR) is 92.0 cm³/mol. The number of nitrogens with zero attached hydrogens (tertiary/aromatic N) is 2. The third kappa shape index (κ3) is 4.80. The smallest absolute Gasteiger partial charge is 0.237 e. The fraction of sp³-hybridized carbons (Fsp3) is 0.778. The first kappa shape index (κ1) is 18.0. The Kier molecular flexibility index (Phi) is 6.22. The van der Waals surface area contributed by atoms with Gasteiger partial charge in [-0.25, -0.2) is 0 Å². The van der Waals surface area contributed by atoms with Crippen LogP contribution < -0.4 is 5.32 Å². The minimum atomic E-state index is -0.989. The van der Waals surface area contributed by atoms with Gasteiger partial charge in [-0.2, -0.15) is 0 Å². The van der Waals surface area contributed by atoms with Gasteiger partial charge in [0, 0.05) is 32.7 Å². The van der Waals surface area contributed by atoms with Crippen LogP contribution in [0, 0.1) is 5.41 Å². The summed E-state index contributed by atoms with van der Waals surface area (Å²) in [6, 6.07) is 0. The molecule has 0 atom stereocenters. The van der Waals surface area contributed by atoms with E-state index in [-0.39, 0.29) is 11.8 Å². The van der Waals surface area contributed by atoms with E-state index in [4.69, 9.17) is 0 Å². The van der Waals surface area contributed by atoms with E-state index < -0.39 is 5.41 Å². The van der Waals surface area contributed by atoms with Crippen LogP contribution >= 0.6 is 0 Å². The van der Waals surface area contributed by atoms with Crippen molar-refractivity contribution in [3.8, 4) is 0 Å². The van der Waals surface area contributed by atoms with Crippen LogP contribution in [0.1, 0.15) is 46.0 Å². The Hall–Kier alpha value is -1.36. The van der Waals surface area contributed by atoms with Gasteiger partial charge in [0.15, 0.2) is 0 Å². The van der Waals surface area contributed by atoms with E-state index in [1.165, 1.54) is 18.4 Å². The molecule has 23 heavy (non-hydrogen) atoms. The molecule has 1 saturated heterocycles. The summed E-state index contributed by atoms with van der Waals surface area (Å²) in [6.07, 6.45) is 8.06. The van der Waals surface area contributed by atoms with E-state index >= 15 is 0 Å². The highest BCUT2D eigenvalue weighted by atomic mass is 16.2. The van der Waals surface area contributed by atoms with Crippen LogP contribution in [0.15, 0.2) is 11.6 Å². The number of hydrogen-bond acceptors (Lipinski definition) is 3. The standard InChI is InChI=1S/C18H31N3O2/c1-18(2,17(23)21-13-11-20(3)12-14-21)16(22)19-10-9-15-7-5-4-6-8-15/h7H,4-6,8-14H2,1-3H3,(H,19,22). The van der Waals surface area contributed by atoms with E-state index in [0.717, 1.165) is 32.4 Å². The van der Waals surface area contributed by atoms with E-state index in [9.17, 15) is 9.59 Å². The van der Waals surface area contributed by atoms with Gasteiger partial charge in [0.25, 0.3) is 0 Å². The lowest BCUT2D eigenvalue weighted by Crippen LogP contribution is -2.54. The lowest BCUT2D eigenvalue weighted by atomic mass is 9.89. The summed E-state index contributed by atoms with van der Waals surface area (Å²) < 4.78 is 0. The molecule has 130 valence electrons. The molecule has 1 N–H and O–H groups in total. The van der Waals surface area contributed by atoms with Crippen molar-refractivity contribution in [2.24, 2.45) is 5.41 Å². The molecule has 0 aromatic heterocycles. The summed E-state index contributed by atoms with van der Waals surface area (Å²) in [6.45, 7) is 7.27. The fourth-order valence-corrected chi connectivity index (χ4v) is 3.19. The fourth-order valence-electron chi connectivity index (χ4n) is 3.19.